The van der Waals surface area contributed by atoms with Crippen molar-refractivity contribution in [2.75, 3.05) is 18.0 Å². The van der Waals surface area contributed by atoms with Crippen LogP contribution in [-0.2, 0) is 4.84 Å². The Hall–Kier alpha value is -3.22. The highest BCUT2D eigenvalue weighted by molar-refractivity contribution is 5.90. The van der Waals surface area contributed by atoms with Crippen LogP contribution in [-0.4, -0.2) is 30.2 Å². The minimum atomic E-state index is -0.747. The number of anilines is 1. The smallest absolute Gasteiger partial charge is 0.365 e. The first-order chi connectivity index (χ1) is 13.0. The predicted octanol–water partition coefficient (Wildman–Crippen LogP) is 4.41. The maximum absolute atomic E-state index is 11.9. The molecule has 0 radical (unpaired) electrons. The second-order valence-electron chi connectivity index (χ2n) is 6.00. The van der Waals surface area contributed by atoms with Gasteiger partial charge in [-0.05, 0) is 36.6 Å². The molecule has 2 aromatic carbocycles. The van der Waals surface area contributed by atoms with Crippen molar-refractivity contribution < 1.29 is 14.6 Å². The summed E-state index contributed by atoms with van der Waals surface area (Å²) >= 11 is 0. The largest absolute Gasteiger partial charge is 0.372 e. The van der Waals surface area contributed by atoms with E-state index in [9.17, 15) is 14.9 Å². The van der Waals surface area contributed by atoms with Crippen molar-refractivity contribution >= 4 is 23.6 Å². The molecule has 0 saturated carbocycles. The summed E-state index contributed by atoms with van der Waals surface area (Å²) in [4.78, 5) is 29.3. The molecular weight excluding hydrogens is 346 g/mol. The van der Waals surface area contributed by atoms with Gasteiger partial charge < -0.3 is 9.74 Å². The summed E-state index contributed by atoms with van der Waals surface area (Å²) in [7, 11) is 0. The second kappa shape index (κ2) is 10.1. The fourth-order valence-corrected chi connectivity index (χ4v) is 2.62. The van der Waals surface area contributed by atoms with Crippen LogP contribution in [0.15, 0.2) is 53.7 Å². The van der Waals surface area contributed by atoms with Crippen LogP contribution >= 0.6 is 0 Å². The van der Waals surface area contributed by atoms with Crippen LogP contribution in [0.2, 0.25) is 0 Å². The van der Waals surface area contributed by atoms with E-state index < -0.39 is 10.9 Å². The van der Waals surface area contributed by atoms with Gasteiger partial charge in [0.25, 0.3) is 5.69 Å². The van der Waals surface area contributed by atoms with E-state index in [4.69, 9.17) is 4.84 Å². The highest BCUT2D eigenvalue weighted by atomic mass is 16.7. The molecule has 0 saturated heterocycles. The molecule has 142 valence electrons. The van der Waals surface area contributed by atoms with E-state index in [0.717, 1.165) is 43.2 Å². The van der Waals surface area contributed by atoms with Gasteiger partial charge in [0.05, 0.1) is 16.7 Å². The van der Waals surface area contributed by atoms with E-state index in [1.807, 2.05) is 24.3 Å². The Balaban J connectivity index is 1.98. The first-order valence-corrected chi connectivity index (χ1v) is 8.89. The molecule has 0 fully saturated rings. The number of carbonyl (C=O) groups is 1. The summed E-state index contributed by atoms with van der Waals surface area (Å²) in [5, 5.41) is 14.4. The zero-order valence-corrected chi connectivity index (χ0v) is 15.5. The lowest BCUT2D eigenvalue weighted by molar-refractivity contribution is -0.384. The van der Waals surface area contributed by atoms with Crippen LogP contribution in [0.3, 0.4) is 0 Å². The number of hydrogen-bond acceptors (Lipinski definition) is 6. The molecule has 0 bridgehead atoms. The summed E-state index contributed by atoms with van der Waals surface area (Å²) in [6, 6.07) is 13.1. The zero-order chi connectivity index (χ0) is 19.6. The third kappa shape index (κ3) is 5.91. The van der Waals surface area contributed by atoms with E-state index in [2.05, 4.69) is 23.9 Å². The highest BCUT2D eigenvalue weighted by Gasteiger charge is 2.12. The van der Waals surface area contributed by atoms with Gasteiger partial charge in [-0.2, -0.15) is 0 Å². The number of rotatable bonds is 9. The molecule has 0 heterocycles. The molecule has 27 heavy (non-hydrogen) atoms. The standard InChI is InChI=1S/C20H23N3O4/c1-3-12-22(13-4-2)18-10-8-16(9-11-18)15-21-27-20(24)17-6-5-7-19(14-17)23(25)26/h5-11,14-15H,3-4,12-13H2,1-2H3/b21-15-. The fourth-order valence-electron chi connectivity index (χ4n) is 2.62. The van der Waals surface area contributed by atoms with E-state index in [0.29, 0.717) is 0 Å². The second-order valence-corrected chi connectivity index (χ2v) is 6.00. The number of nitro groups is 1. The predicted molar refractivity (Wildman–Crippen MR) is 105 cm³/mol. The molecule has 0 N–H and O–H groups in total. The molecule has 0 atom stereocenters. The van der Waals surface area contributed by atoms with Crippen molar-refractivity contribution in [2.24, 2.45) is 5.16 Å². The van der Waals surface area contributed by atoms with Crippen LogP contribution in [0, 0.1) is 10.1 Å². The van der Waals surface area contributed by atoms with Gasteiger partial charge in [0.2, 0.25) is 0 Å². The molecule has 0 spiro atoms. The summed E-state index contributed by atoms with van der Waals surface area (Å²) in [5.74, 6) is -0.747. The Morgan fingerprint density at radius 2 is 1.81 bits per heavy atom. The van der Waals surface area contributed by atoms with Gasteiger partial charge in [-0.25, -0.2) is 4.79 Å². The summed E-state index contributed by atoms with van der Waals surface area (Å²) in [6.07, 6.45) is 3.59. The maximum Gasteiger partial charge on any atom is 0.365 e. The molecule has 0 amide bonds. The van der Waals surface area contributed by atoms with Crippen LogP contribution in [0.1, 0.15) is 42.6 Å². The quantitative estimate of drug-likeness (QED) is 0.283. The van der Waals surface area contributed by atoms with Gasteiger partial charge >= 0.3 is 5.97 Å². The molecule has 0 aliphatic rings. The molecule has 7 nitrogen and oxygen atoms in total. The molecule has 0 unspecified atom stereocenters. The molecule has 0 aromatic heterocycles. The molecule has 7 heteroatoms. The molecule has 2 rings (SSSR count). The lowest BCUT2D eigenvalue weighted by Gasteiger charge is -2.23. The normalized spacial score (nSPS) is 10.7. The van der Waals surface area contributed by atoms with Crippen LogP contribution in [0.5, 0.6) is 0 Å². The first kappa shape index (κ1) is 20.1. The zero-order valence-electron chi connectivity index (χ0n) is 15.5. The SMILES string of the molecule is CCCN(CCC)c1ccc(/C=N\OC(=O)c2cccc([N+](=O)[O-])c2)cc1. The molecular formula is C20H23N3O4. The highest BCUT2D eigenvalue weighted by Crippen LogP contribution is 2.16. The number of hydrogen-bond donors (Lipinski definition) is 0. The van der Waals surface area contributed by atoms with Gasteiger partial charge in [0, 0.05) is 30.9 Å². The van der Waals surface area contributed by atoms with Crippen molar-refractivity contribution in [2.45, 2.75) is 26.7 Å². The average Bonchev–Trinajstić information content (AvgIpc) is 2.68. The van der Waals surface area contributed by atoms with Gasteiger partial charge in [0.1, 0.15) is 0 Å². The van der Waals surface area contributed by atoms with Crippen molar-refractivity contribution in [1.82, 2.24) is 0 Å². The summed E-state index contributed by atoms with van der Waals surface area (Å²) in [5.41, 5.74) is 1.84. The Morgan fingerprint density at radius 1 is 1.15 bits per heavy atom. The molecule has 0 aliphatic carbocycles. The number of benzene rings is 2. The van der Waals surface area contributed by atoms with Gasteiger partial charge in [-0.15, -0.1) is 0 Å². The minimum absolute atomic E-state index is 0.0754. The Morgan fingerprint density at radius 3 is 2.41 bits per heavy atom. The fraction of sp³-hybridized carbons (Fsp3) is 0.300. The monoisotopic (exact) mass is 369 g/mol. The van der Waals surface area contributed by atoms with Gasteiger partial charge in [-0.1, -0.05) is 37.2 Å². The Bertz CT molecular complexity index is 797. The lowest BCUT2D eigenvalue weighted by Crippen LogP contribution is -2.24. The van der Waals surface area contributed by atoms with Gasteiger partial charge in [-0.3, -0.25) is 10.1 Å². The third-order valence-corrected chi connectivity index (χ3v) is 3.88. The Kier molecular flexibility index (Phi) is 7.49. The minimum Gasteiger partial charge on any atom is -0.372 e. The maximum atomic E-state index is 11.9. The van der Waals surface area contributed by atoms with E-state index >= 15 is 0 Å². The number of nitro benzene ring substituents is 1. The molecule has 0 aliphatic heterocycles. The van der Waals surface area contributed by atoms with Crippen LogP contribution in [0.25, 0.3) is 0 Å². The molecule has 2 aromatic rings. The van der Waals surface area contributed by atoms with E-state index in [-0.39, 0.29) is 11.3 Å². The number of carbonyl (C=O) groups excluding carboxylic acids is 1. The number of oxime groups is 1. The Labute approximate surface area is 158 Å². The third-order valence-electron chi connectivity index (χ3n) is 3.88. The van der Waals surface area contributed by atoms with E-state index in [1.54, 1.807) is 0 Å². The van der Waals surface area contributed by atoms with Crippen molar-refractivity contribution in [3.63, 3.8) is 0 Å². The van der Waals surface area contributed by atoms with E-state index in [1.165, 1.54) is 24.4 Å². The van der Waals surface area contributed by atoms with Crippen LogP contribution < -0.4 is 4.90 Å². The lowest BCUT2D eigenvalue weighted by atomic mass is 10.2. The number of nitrogens with zero attached hydrogens (tertiary/aromatic N) is 3. The van der Waals surface area contributed by atoms with Crippen molar-refractivity contribution in [3.8, 4) is 0 Å². The van der Waals surface area contributed by atoms with Crippen molar-refractivity contribution in [1.29, 1.82) is 0 Å². The topological polar surface area (TPSA) is 85.0 Å². The van der Waals surface area contributed by atoms with Crippen molar-refractivity contribution in [3.05, 3.63) is 69.8 Å². The summed E-state index contributed by atoms with van der Waals surface area (Å²) in [6.45, 7) is 6.31. The summed E-state index contributed by atoms with van der Waals surface area (Å²) < 4.78 is 0. The first-order valence-electron chi connectivity index (χ1n) is 8.89. The number of non-ortho nitro benzene ring substituents is 1. The average molecular weight is 369 g/mol. The van der Waals surface area contributed by atoms with Crippen LogP contribution in [0.4, 0.5) is 11.4 Å². The van der Waals surface area contributed by atoms with Gasteiger partial charge in [0.15, 0.2) is 0 Å².